The summed E-state index contributed by atoms with van der Waals surface area (Å²) in [6.07, 6.45) is 2.41. The fourth-order valence-electron chi connectivity index (χ4n) is 1.47. The molecule has 0 radical (unpaired) electrons. The van der Waals surface area contributed by atoms with E-state index in [9.17, 15) is 4.79 Å². The fraction of sp³-hybridized carbons (Fsp3) is 0.167. The number of ether oxygens (including phenoxy) is 2. The zero-order valence-corrected chi connectivity index (χ0v) is 10.3. The van der Waals surface area contributed by atoms with Crippen molar-refractivity contribution in [3.05, 3.63) is 29.4 Å². The van der Waals surface area contributed by atoms with E-state index in [-0.39, 0.29) is 0 Å². The summed E-state index contributed by atoms with van der Waals surface area (Å²) in [6, 6.07) is 5.54. The quantitative estimate of drug-likeness (QED) is 0.781. The predicted octanol–water partition coefficient (Wildman–Crippen LogP) is 2.64. The highest BCUT2D eigenvalue weighted by atomic mass is 32.1. The van der Waals surface area contributed by atoms with Crippen molar-refractivity contribution in [1.82, 2.24) is 4.98 Å². The molecule has 2 rings (SSSR count). The molecule has 0 unspecified atom stereocenters. The maximum atomic E-state index is 10.6. The molecule has 0 saturated carbocycles. The summed E-state index contributed by atoms with van der Waals surface area (Å²) in [5.41, 5.74) is 0.902. The molecule has 1 aromatic carbocycles. The first-order chi connectivity index (χ1) is 8.28. The lowest BCUT2D eigenvalue weighted by atomic mass is 10.1. The van der Waals surface area contributed by atoms with Gasteiger partial charge in [0.15, 0.2) is 11.3 Å². The molecule has 0 aliphatic rings. The lowest BCUT2D eigenvalue weighted by Crippen LogP contribution is -1.89. The number of methoxy groups -OCH3 is 2. The molecule has 17 heavy (non-hydrogen) atoms. The molecular weight excluding hydrogens is 238 g/mol. The van der Waals surface area contributed by atoms with Crippen LogP contribution in [0.2, 0.25) is 0 Å². The van der Waals surface area contributed by atoms with Crippen LogP contribution >= 0.6 is 11.3 Å². The topological polar surface area (TPSA) is 48.4 Å². The van der Waals surface area contributed by atoms with Crippen molar-refractivity contribution >= 4 is 17.6 Å². The molecule has 0 aliphatic carbocycles. The monoisotopic (exact) mass is 249 g/mol. The van der Waals surface area contributed by atoms with Gasteiger partial charge in [-0.3, -0.25) is 4.79 Å². The van der Waals surface area contributed by atoms with Crippen LogP contribution in [0.25, 0.3) is 10.4 Å². The first-order valence-corrected chi connectivity index (χ1v) is 5.73. The zero-order chi connectivity index (χ0) is 12.3. The van der Waals surface area contributed by atoms with E-state index in [1.807, 2.05) is 12.1 Å². The number of hydrogen-bond donors (Lipinski definition) is 0. The molecule has 1 aromatic heterocycles. The number of hydrogen-bond acceptors (Lipinski definition) is 5. The second kappa shape index (κ2) is 4.97. The van der Waals surface area contributed by atoms with E-state index in [0.717, 1.165) is 22.5 Å². The normalized spacial score (nSPS) is 10.0. The number of thiazole rings is 1. The summed E-state index contributed by atoms with van der Waals surface area (Å²) >= 11 is 1.33. The third kappa shape index (κ3) is 2.29. The van der Waals surface area contributed by atoms with Gasteiger partial charge in [-0.25, -0.2) is 4.98 Å². The van der Waals surface area contributed by atoms with Crippen LogP contribution in [0.4, 0.5) is 0 Å². The SMILES string of the molecule is COc1ccc(-c2cnc(C=O)s2)c(OC)c1. The second-order valence-electron chi connectivity index (χ2n) is 3.25. The Kier molecular flexibility index (Phi) is 3.39. The van der Waals surface area contributed by atoms with Gasteiger partial charge in [-0.2, -0.15) is 0 Å². The van der Waals surface area contributed by atoms with Crippen LogP contribution < -0.4 is 9.47 Å². The van der Waals surface area contributed by atoms with Gasteiger partial charge >= 0.3 is 0 Å². The van der Waals surface area contributed by atoms with Gasteiger partial charge in [0.2, 0.25) is 0 Å². The first-order valence-electron chi connectivity index (χ1n) is 4.92. The Morgan fingerprint density at radius 2 is 2.12 bits per heavy atom. The molecular formula is C12H11NO3S. The molecule has 0 aliphatic heterocycles. The predicted molar refractivity (Wildman–Crippen MR) is 66.0 cm³/mol. The summed E-state index contributed by atoms with van der Waals surface area (Å²) in [5, 5.41) is 0.456. The molecule has 0 fully saturated rings. The molecule has 0 N–H and O–H groups in total. The minimum Gasteiger partial charge on any atom is -0.497 e. The number of rotatable bonds is 4. The average molecular weight is 249 g/mol. The zero-order valence-electron chi connectivity index (χ0n) is 9.47. The molecule has 0 bridgehead atoms. The van der Waals surface area contributed by atoms with Gasteiger partial charge in [0, 0.05) is 17.8 Å². The summed E-state index contributed by atoms with van der Waals surface area (Å²) in [7, 11) is 3.20. The smallest absolute Gasteiger partial charge is 0.178 e. The van der Waals surface area contributed by atoms with E-state index in [4.69, 9.17) is 9.47 Å². The Hall–Kier alpha value is -1.88. The van der Waals surface area contributed by atoms with Crippen molar-refractivity contribution in [3.8, 4) is 21.9 Å². The molecule has 0 saturated heterocycles. The van der Waals surface area contributed by atoms with E-state index in [0.29, 0.717) is 10.8 Å². The molecule has 5 heteroatoms. The van der Waals surface area contributed by atoms with Gasteiger partial charge in [0.1, 0.15) is 11.5 Å². The van der Waals surface area contributed by atoms with Crippen molar-refractivity contribution in [2.45, 2.75) is 0 Å². The van der Waals surface area contributed by atoms with Crippen LogP contribution in [0.5, 0.6) is 11.5 Å². The van der Waals surface area contributed by atoms with Crippen LogP contribution in [0.15, 0.2) is 24.4 Å². The fourth-order valence-corrected chi connectivity index (χ4v) is 2.23. The van der Waals surface area contributed by atoms with Crippen molar-refractivity contribution < 1.29 is 14.3 Å². The molecule has 4 nitrogen and oxygen atoms in total. The Morgan fingerprint density at radius 3 is 2.71 bits per heavy atom. The highest BCUT2D eigenvalue weighted by molar-refractivity contribution is 7.16. The van der Waals surface area contributed by atoms with Crippen LogP contribution in [0.3, 0.4) is 0 Å². The van der Waals surface area contributed by atoms with Gasteiger partial charge in [0.25, 0.3) is 0 Å². The van der Waals surface area contributed by atoms with E-state index < -0.39 is 0 Å². The van der Waals surface area contributed by atoms with E-state index in [1.54, 1.807) is 26.5 Å². The minimum atomic E-state index is 0.456. The standard InChI is InChI=1S/C12H11NO3S/c1-15-8-3-4-9(10(5-8)16-2)11-6-13-12(7-14)17-11/h3-7H,1-2H3. The maximum absolute atomic E-state index is 10.6. The molecule has 0 atom stereocenters. The first kappa shape index (κ1) is 11.6. The molecule has 0 amide bonds. The van der Waals surface area contributed by atoms with Crippen molar-refractivity contribution in [1.29, 1.82) is 0 Å². The van der Waals surface area contributed by atoms with Crippen molar-refractivity contribution in [2.24, 2.45) is 0 Å². The van der Waals surface area contributed by atoms with Gasteiger partial charge in [-0.05, 0) is 12.1 Å². The van der Waals surface area contributed by atoms with Gasteiger partial charge in [-0.15, -0.1) is 11.3 Å². The van der Waals surface area contributed by atoms with E-state index in [2.05, 4.69) is 4.98 Å². The molecule has 1 heterocycles. The Morgan fingerprint density at radius 1 is 1.29 bits per heavy atom. The number of aromatic nitrogens is 1. The Labute approximate surface area is 103 Å². The van der Waals surface area contributed by atoms with E-state index in [1.165, 1.54) is 11.3 Å². The Bertz CT molecular complexity index is 536. The summed E-state index contributed by atoms with van der Waals surface area (Å²) in [4.78, 5) is 15.5. The van der Waals surface area contributed by atoms with Crippen LogP contribution in [-0.4, -0.2) is 25.5 Å². The van der Waals surface area contributed by atoms with Crippen LogP contribution in [0, 0.1) is 0 Å². The number of carbonyl (C=O) groups is 1. The van der Waals surface area contributed by atoms with Crippen LogP contribution in [0.1, 0.15) is 9.80 Å². The lowest BCUT2D eigenvalue weighted by molar-refractivity contribution is 0.112. The molecule has 88 valence electrons. The second-order valence-corrected chi connectivity index (χ2v) is 4.31. The minimum absolute atomic E-state index is 0.456. The molecule has 0 spiro atoms. The van der Waals surface area contributed by atoms with Gasteiger partial charge in [0.05, 0.1) is 19.1 Å². The number of benzene rings is 1. The van der Waals surface area contributed by atoms with Gasteiger partial charge in [-0.1, -0.05) is 0 Å². The van der Waals surface area contributed by atoms with E-state index >= 15 is 0 Å². The third-order valence-corrected chi connectivity index (χ3v) is 3.25. The number of nitrogens with zero attached hydrogens (tertiary/aromatic N) is 1. The maximum Gasteiger partial charge on any atom is 0.178 e. The molecule has 2 aromatic rings. The van der Waals surface area contributed by atoms with Gasteiger partial charge < -0.3 is 9.47 Å². The highest BCUT2D eigenvalue weighted by Gasteiger charge is 2.10. The van der Waals surface area contributed by atoms with Crippen molar-refractivity contribution in [3.63, 3.8) is 0 Å². The number of aldehydes is 1. The Balaban J connectivity index is 2.46. The summed E-state index contributed by atoms with van der Waals surface area (Å²) < 4.78 is 10.4. The average Bonchev–Trinajstić information content (AvgIpc) is 2.86. The highest BCUT2D eigenvalue weighted by Crippen LogP contribution is 2.35. The number of carbonyl (C=O) groups excluding carboxylic acids is 1. The lowest BCUT2D eigenvalue weighted by Gasteiger charge is -2.08. The summed E-state index contributed by atoms with van der Waals surface area (Å²) in [5.74, 6) is 1.43. The summed E-state index contributed by atoms with van der Waals surface area (Å²) in [6.45, 7) is 0. The van der Waals surface area contributed by atoms with Crippen molar-refractivity contribution in [2.75, 3.05) is 14.2 Å². The third-order valence-electron chi connectivity index (χ3n) is 2.30. The van der Waals surface area contributed by atoms with Crippen LogP contribution in [-0.2, 0) is 0 Å². The largest absolute Gasteiger partial charge is 0.497 e.